The van der Waals surface area contributed by atoms with Gasteiger partial charge >= 0.3 is 5.97 Å². The molecule has 7 heteroatoms. The minimum absolute atomic E-state index is 0.271. The number of rotatable bonds is 3. The van der Waals surface area contributed by atoms with Crippen LogP contribution in [0, 0.1) is 28.9 Å². The lowest BCUT2D eigenvalue weighted by molar-refractivity contribution is -0.145. The average Bonchev–Trinajstić information content (AvgIpc) is 3.06. The van der Waals surface area contributed by atoms with Gasteiger partial charge in [0.25, 0.3) is 0 Å². The number of carbonyl (C=O) groups excluding carboxylic acids is 1. The molecule has 0 saturated carbocycles. The number of carbonyl (C=O) groups is 1. The van der Waals surface area contributed by atoms with Gasteiger partial charge in [-0.1, -0.05) is 6.07 Å². The topological polar surface area (TPSA) is 66.2 Å². The van der Waals surface area contributed by atoms with Gasteiger partial charge in [0.15, 0.2) is 0 Å². The summed E-state index contributed by atoms with van der Waals surface area (Å²) in [6.45, 7) is 0.633. The molecule has 0 amide bonds. The smallest absolute Gasteiger partial charge is 0.311 e. The summed E-state index contributed by atoms with van der Waals surface area (Å²) in [6.07, 6.45) is 1.44. The third-order valence-corrected chi connectivity index (χ3v) is 4.39. The van der Waals surface area contributed by atoms with Crippen LogP contribution in [0.1, 0.15) is 17.0 Å². The maximum atomic E-state index is 14.2. The van der Waals surface area contributed by atoms with Crippen molar-refractivity contribution in [2.24, 2.45) is 5.92 Å². The number of hydrogen-bond donors (Lipinski definition) is 0. The lowest BCUT2D eigenvalue weighted by atomic mass is 9.88. The fraction of sp³-hybridized carbons (Fsp3) is 0.278. The number of ether oxygens (including phenoxy) is 1. The zero-order chi connectivity index (χ0) is 18.0. The second-order valence-electron chi connectivity index (χ2n) is 5.82. The van der Waals surface area contributed by atoms with Crippen molar-refractivity contribution >= 4 is 11.8 Å². The molecule has 0 radical (unpaired) electrons. The minimum Gasteiger partial charge on any atom is -0.469 e. The van der Waals surface area contributed by atoms with Gasteiger partial charge < -0.3 is 9.64 Å². The molecule has 1 aromatic carbocycles. The average molecular weight is 343 g/mol. The van der Waals surface area contributed by atoms with Crippen molar-refractivity contribution in [3.8, 4) is 6.07 Å². The van der Waals surface area contributed by atoms with E-state index in [0.29, 0.717) is 24.5 Å². The fourth-order valence-electron chi connectivity index (χ4n) is 3.14. The number of nitriles is 1. The van der Waals surface area contributed by atoms with E-state index in [0.717, 1.165) is 6.07 Å². The highest BCUT2D eigenvalue weighted by Gasteiger charge is 2.41. The van der Waals surface area contributed by atoms with Gasteiger partial charge in [-0.05, 0) is 23.8 Å². The zero-order valence-corrected chi connectivity index (χ0v) is 13.4. The highest BCUT2D eigenvalue weighted by Crippen LogP contribution is 2.36. The first kappa shape index (κ1) is 16.8. The molecule has 5 nitrogen and oxygen atoms in total. The quantitative estimate of drug-likeness (QED) is 0.802. The largest absolute Gasteiger partial charge is 0.469 e. The van der Waals surface area contributed by atoms with E-state index in [2.05, 4.69) is 4.98 Å². The van der Waals surface area contributed by atoms with Crippen molar-refractivity contribution in [1.82, 2.24) is 4.98 Å². The van der Waals surface area contributed by atoms with Crippen LogP contribution in [0.2, 0.25) is 0 Å². The minimum atomic E-state index is -0.687. The van der Waals surface area contributed by atoms with Crippen LogP contribution in [-0.2, 0) is 9.53 Å². The van der Waals surface area contributed by atoms with Crippen molar-refractivity contribution in [3.63, 3.8) is 0 Å². The van der Waals surface area contributed by atoms with Gasteiger partial charge in [0.05, 0.1) is 18.6 Å². The van der Waals surface area contributed by atoms with Gasteiger partial charge in [-0.2, -0.15) is 5.26 Å². The summed E-state index contributed by atoms with van der Waals surface area (Å²) >= 11 is 0. The van der Waals surface area contributed by atoms with Crippen LogP contribution >= 0.6 is 0 Å². The van der Waals surface area contributed by atoms with Gasteiger partial charge in [0, 0.05) is 31.3 Å². The Kier molecular flexibility index (Phi) is 4.61. The first-order valence-corrected chi connectivity index (χ1v) is 7.67. The molecule has 0 spiro atoms. The van der Waals surface area contributed by atoms with Gasteiger partial charge in [0.2, 0.25) is 0 Å². The van der Waals surface area contributed by atoms with Crippen LogP contribution in [0.3, 0.4) is 0 Å². The Morgan fingerprint density at radius 2 is 2.12 bits per heavy atom. The van der Waals surface area contributed by atoms with Crippen molar-refractivity contribution in [2.75, 3.05) is 25.1 Å². The van der Waals surface area contributed by atoms with Crippen LogP contribution in [0.4, 0.5) is 14.6 Å². The van der Waals surface area contributed by atoms with Gasteiger partial charge in [-0.3, -0.25) is 4.79 Å². The Bertz CT molecular complexity index is 833. The van der Waals surface area contributed by atoms with E-state index in [1.165, 1.54) is 25.4 Å². The molecular formula is C18H15F2N3O2. The van der Waals surface area contributed by atoms with E-state index < -0.39 is 29.4 Å². The molecule has 0 N–H and O–H groups in total. The molecule has 1 aromatic heterocycles. The summed E-state index contributed by atoms with van der Waals surface area (Å²) in [5.74, 6) is -2.30. The number of methoxy groups -OCH3 is 1. The summed E-state index contributed by atoms with van der Waals surface area (Å²) in [4.78, 5) is 18.2. The monoisotopic (exact) mass is 343 g/mol. The van der Waals surface area contributed by atoms with Crippen molar-refractivity contribution in [3.05, 3.63) is 59.3 Å². The first-order chi connectivity index (χ1) is 12.0. The van der Waals surface area contributed by atoms with Crippen LogP contribution in [0.15, 0.2) is 36.5 Å². The maximum absolute atomic E-state index is 14.2. The molecular weight excluding hydrogens is 328 g/mol. The van der Waals surface area contributed by atoms with Gasteiger partial charge in [-0.15, -0.1) is 0 Å². The number of halogens is 2. The predicted octanol–water partition coefficient (Wildman–Crippen LogP) is 2.62. The molecule has 1 saturated heterocycles. The molecule has 1 fully saturated rings. The highest BCUT2D eigenvalue weighted by atomic mass is 19.1. The van der Waals surface area contributed by atoms with E-state index in [9.17, 15) is 13.6 Å². The normalized spacial score (nSPS) is 19.5. The number of aromatic nitrogens is 1. The van der Waals surface area contributed by atoms with E-state index in [4.69, 9.17) is 10.00 Å². The van der Waals surface area contributed by atoms with Gasteiger partial charge in [0.1, 0.15) is 23.5 Å². The van der Waals surface area contributed by atoms with Crippen molar-refractivity contribution in [1.29, 1.82) is 5.26 Å². The number of nitrogens with zero attached hydrogens (tertiary/aromatic N) is 3. The maximum Gasteiger partial charge on any atom is 0.311 e. The second kappa shape index (κ2) is 6.85. The van der Waals surface area contributed by atoms with E-state index >= 15 is 0 Å². The number of benzene rings is 1. The number of hydrogen-bond acceptors (Lipinski definition) is 5. The molecule has 1 aliphatic rings. The van der Waals surface area contributed by atoms with Crippen LogP contribution < -0.4 is 4.90 Å². The third-order valence-electron chi connectivity index (χ3n) is 4.39. The Morgan fingerprint density at radius 3 is 2.72 bits per heavy atom. The molecule has 2 heterocycles. The number of anilines is 1. The van der Waals surface area contributed by atoms with E-state index in [1.807, 2.05) is 11.0 Å². The molecule has 0 aliphatic carbocycles. The summed E-state index contributed by atoms with van der Waals surface area (Å²) in [7, 11) is 1.28. The second-order valence-corrected chi connectivity index (χ2v) is 5.82. The van der Waals surface area contributed by atoms with Crippen molar-refractivity contribution < 1.29 is 18.3 Å². The van der Waals surface area contributed by atoms with Crippen LogP contribution in [0.25, 0.3) is 0 Å². The molecule has 1 aliphatic heterocycles. The molecule has 0 bridgehead atoms. The van der Waals surface area contributed by atoms with Crippen LogP contribution in [0.5, 0.6) is 0 Å². The Hall–Kier alpha value is -3.01. The number of pyridine rings is 1. The lowest BCUT2D eigenvalue weighted by Gasteiger charge is -2.17. The fourth-order valence-corrected chi connectivity index (χ4v) is 3.14. The lowest BCUT2D eigenvalue weighted by Crippen LogP contribution is -2.25. The molecule has 128 valence electrons. The Balaban J connectivity index is 1.93. The molecule has 3 rings (SSSR count). The van der Waals surface area contributed by atoms with E-state index in [1.54, 1.807) is 12.1 Å². The SMILES string of the molecule is COC(=O)[C@H]1CN(c2ccc(C#N)cn2)C[C@@H]1c1ccc(F)cc1F. The predicted molar refractivity (Wildman–Crippen MR) is 85.8 cm³/mol. The summed E-state index contributed by atoms with van der Waals surface area (Å²) in [5.41, 5.74) is 0.696. The standard InChI is InChI=1S/C18H15F2N3O2/c1-25-18(24)15-10-23(17-5-2-11(7-21)8-22-17)9-14(15)13-4-3-12(19)6-16(13)20/h2-6,8,14-15H,9-10H2,1H3/t14-,15+/m1/s1. The number of esters is 1. The van der Waals surface area contributed by atoms with E-state index in [-0.39, 0.29) is 5.56 Å². The first-order valence-electron chi connectivity index (χ1n) is 7.67. The van der Waals surface area contributed by atoms with Gasteiger partial charge in [-0.25, -0.2) is 13.8 Å². The highest BCUT2D eigenvalue weighted by molar-refractivity contribution is 5.75. The molecule has 2 aromatic rings. The zero-order valence-electron chi connectivity index (χ0n) is 13.4. The van der Waals surface area contributed by atoms with Crippen LogP contribution in [-0.4, -0.2) is 31.2 Å². The summed E-state index contributed by atoms with van der Waals surface area (Å²) in [6, 6.07) is 8.64. The van der Waals surface area contributed by atoms with Crippen molar-refractivity contribution in [2.45, 2.75) is 5.92 Å². The molecule has 25 heavy (non-hydrogen) atoms. The summed E-state index contributed by atoms with van der Waals surface area (Å²) in [5, 5.41) is 8.85. The summed E-state index contributed by atoms with van der Waals surface area (Å²) < 4.78 is 32.2. The molecule has 0 unspecified atom stereocenters. The Morgan fingerprint density at radius 1 is 1.32 bits per heavy atom. The third kappa shape index (κ3) is 3.29. The molecule has 2 atom stereocenters. The Labute approximate surface area is 143 Å².